The van der Waals surface area contributed by atoms with E-state index < -0.39 is 0 Å². The van der Waals surface area contributed by atoms with Crippen LogP contribution in [0, 0.1) is 0 Å². The molecule has 3 rings (SSSR count). The van der Waals surface area contributed by atoms with Crippen molar-refractivity contribution in [2.45, 2.75) is 18.9 Å². The van der Waals surface area contributed by atoms with Gasteiger partial charge in [-0.2, -0.15) is 0 Å². The van der Waals surface area contributed by atoms with Gasteiger partial charge in [-0.3, -0.25) is 9.59 Å². The summed E-state index contributed by atoms with van der Waals surface area (Å²) < 4.78 is 5.27. The summed E-state index contributed by atoms with van der Waals surface area (Å²) in [5.41, 5.74) is 1.11. The molecule has 0 aliphatic carbocycles. The fourth-order valence-electron chi connectivity index (χ4n) is 3.12. The third-order valence-electron chi connectivity index (χ3n) is 4.54. The van der Waals surface area contributed by atoms with Gasteiger partial charge in [0, 0.05) is 29.7 Å². The van der Waals surface area contributed by atoms with E-state index in [0.29, 0.717) is 47.8 Å². The van der Waals surface area contributed by atoms with Crippen LogP contribution in [0.3, 0.4) is 0 Å². The highest BCUT2D eigenvalue weighted by molar-refractivity contribution is 6.30. The number of methoxy groups -OCH3 is 1. The lowest BCUT2D eigenvalue weighted by molar-refractivity contribution is 0.0695. The molecule has 1 fully saturated rings. The number of amides is 2. The average molecular weight is 373 g/mol. The van der Waals surface area contributed by atoms with E-state index in [2.05, 4.69) is 5.32 Å². The molecule has 1 heterocycles. The van der Waals surface area contributed by atoms with Crippen LogP contribution in [0.25, 0.3) is 0 Å². The highest BCUT2D eigenvalue weighted by atomic mass is 35.5. The predicted octanol–water partition coefficient (Wildman–Crippen LogP) is 3.38. The van der Waals surface area contributed by atoms with Gasteiger partial charge >= 0.3 is 0 Å². The van der Waals surface area contributed by atoms with Crippen molar-refractivity contribution in [3.8, 4) is 5.75 Å². The topological polar surface area (TPSA) is 58.6 Å². The fourth-order valence-corrected chi connectivity index (χ4v) is 3.31. The second kappa shape index (κ2) is 8.23. The second-order valence-corrected chi connectivity index (χ2v) is 6.69. The SMILES string of the molecule is COc1ccccc1C(=O)N1CCC(NC(=O)c2cccc(Cl)c2)CC1. The summed E-state index contributed by atoms with van der Waals surface area (Å²) in [4.78, 5) is 26.8. The van der Waals surface area contributed by atoms with Gasteiger partial charge in [0.1, 0.15) is 5.75 Å². The minimum atomic E-state index is -0.137. The van der Waals surface area contributed by atoms with Gasteiger partial charge in [-0.15, -0.1) is 0 Å². The number of rotatable bonds is 4. The van der Waals surface area contributed by atoms with E-state index in [1.54, 1.807) is 48.4 Å². The largest absolute Gasteiger partial charge is 0.496 e. The minimum Gasteiger partial charge on any atom is -0.496 e. The molecule has 0 aromatic heterocycles. The number of carbonyl (C=O) groups excluding carboxylic acids is 2. The first-order valence-electron chi connectivity index (χ1n) is 8.57. The third-order valence-corrected chi connectivity index (χ3v) is 4.78. The van der Waals surface area contributed by atoms with E-state index in [-0.39, 0.29) is 17.9 Å². The summed E-state index contributed by atoms with van der Waals surface area (Å²) in [7, 11) is 1.56. The first kappa shape index (κ1) is 18.3. The minimum absolute atomic E-state index is 0.0398. The van der Waals surface area contributed by atoms with Crippen LogP contribution in [0.2, 0.25) is 5.02 Å². The first-order chi connectivity index (χ1) is 12.6. The second-order valence-electron chi connectivity index (χ2n) is 6.25. The summed E-state index contributed by atoms with van der Waals surface area (Å²) in [6, 6.07) is 14.1. The molecule has 2 aromatic carbocycles. The van der Waals surface area contributed by atoms with Crippen LogP contribution in [-0.4, -0.2) is 43.0 Å². The lowest BCUT2D eigenvalue weighted by Crippen LogP contribution is -2.46. The molecule has 6 heteroatoms. The van der Waals surface area contributed by atoms with E-state index in [1.165, 1.54) is 0 Å². The molecule has 26 heavy (non-hydrogen) atoms. The first-order valence-corrected chi connectivity index (χ1v) is 8.95. The monoisotopic (exact) mass is 372 g/mol. The Hall–Kier alpha value is -2.53. The Morgan fingerprint density at radius 3 is 2.54 bits per heavy atom. The molecule has 0 spiro atoms. The van der Waals surface area contributed by atoms with Gasteiger partial charge in [0.25, 0.3) is 11.8 Å². The number of carbonyl (C=O) groups is 2. The van der Waals surface area contributed by atoms with Gasteiger partial charge in [0.15, 0.2) is 0 Å². The Kier molecular flexibility index (Phi) is 5.78. The standard InChI is InChI=1S/C20H21ClN2O3/c1-26-18-8-3-2-7-17(18)20(25)23-11-9-16(10-12-23)22-19(24)14-5-4-6-15(21)13-14/h2-8,13,16H,9-12H2,1H3,(H,22,24). The van der Waals surface area contributed by atoms with Crippen molar-refractivity contribution in [2.24, 2.45) is 0 Å². The molecule has 0 atom stereocenters. The molecule has 0 saturated carbocycles. The molecule has 1 aliphatic heterocycles. The highest BCUT2D eigenvalue weighted by Crippen LogP contribution is 2.22. The number of ether oxygens (including phenoxy) is 1. The average Bonchev–Trinajstić information content (AvgIpc) is 2.68. The maximum atomic E-state index is 12.7. The zero-order chi connectivity index (χ0) is 18.5. The molecule has 0 unspecified atom stereocenters. The summed E-state index contributed by atoms with van der Waals surface area (Å²) in [6.07, 6.45) is 1.43. The number of nitrogens with zero attached hydrogens (tertiary/aromatic N) is 1. The van der Waals surface area contributed by atoms with E-state index in [1.807, 2.05) is 12.1 Å². The molecule has 5 nitrogen and oxygen atoms in total. The number of halogens is 1. The van der Waals surface area contributed by atoms with Crippen LogP contribution in [0.15, 0.2) is 48.5 Å². The number of para-hydroxylation sites is 1. The molecule has 1 aliphatic rings. The summed E-state index contributed by atoms with van der Waals surface area (Å²) in [6.45, 7) is 1.19. The summed E-state index contributed by atoms with van der Waals surface area (Å²) in [5.74, 6) is 0.401. The highest BCUT2D eigenvalue weighted by Gasteiger charge is 2.26. The Morgan fingerprint density at radius 1 is 1.12 bits per heavy atom. The molecule has 136 valence electrons. The number of hydrogen-bond acceptors (Lipinski definition) is 3. The maximum Gasteiger partial charge on any atom is 0.257 e. The Labute approximate surface area is 157 Å². The Bertz CT molecular complexity index is 801. The molecular weight excluding hydrogens is 352 g/mol. The van der Waals surface area contributed by atoms with Crippen LogP contribution in [-0.2, 0) is 0 Å². The predicted molar refractivity (Wildman–Crippen MR) is 101 cm³/mol. The molecule has 2 aromatic rings. The number of piperidine rings is 1. The molecule has 1 N–H and O–H groups in total. The van der Waals surface area contributed by atoms with Crippen LogP contribution in [0.4, 0.5) is 0 Å². The van der Waals surface area contributed by atoms with Gasteiger partial charge in [-0.05, 0) is 43.2 Å². The number of likely N-dealkylation sites (tertiary alicyclic amines) is 1. The van der Waals surface area contributed by atoms with Crippen molar-refractivity contribution < 1.29 is 14.3 Å². The molecule has 0 radical (unpaired) electrons. The lowest BCUT2D eigenvalue weighted by Gasteiger charge is -2.32. The summed E-state index contributed by atoms with van der Waals surface area (Å²) >= 11 is 5.93. The fraction of sp³-hybridized carbons (Fsp3) is 0.300. The number of nitrogens with one attached hydrogen (secondary N) is 1. The van der Waals surface area contributed by atoms with Crippen molar-refractivity contribution in [1.29, 1.82) is 0 Å². The van der Waals surface area contributed by atoms with Gasteiger partial charge in [0.05, 0.1) is 12.7 Å². The van der Waals surface area contributed by atoms with Crippen molar-refractivity contribution in [3.05, 3.63) is 64.7 Å². The van der Waals surface area contributed by atoms with Crippen LogP contribution in [0.5, 0.6) is 5.75 Å². The van der Waals surface area contributed by atoms with Crippen molar-refractivity contribution >= 4 is 23.4 Å². The third kappa shape index (κ3) is 4.17. The number of hydrogen-bond donors (Lipinski definition) is 1. The maximum absolute atomic E-state index is 12.7. The van der Waals surface area contributed by atoms with Gasteiger partial charge in [0.2, 0.25) is 0 Å². The molecule has 0 bridgehead atoms. The van der Waals surface area contributed by atoms with Crippen molar-refractivity contribution in [3.63, 3.8) is 0 Å². The van der Waals surface area contributed by atoms with Crippen molar-refractivity contribution in [2.75, 3.05) is 20.2 Å². The van der Waals surface area contributed by atoms with Crippen LogP contribution < -0.4 is 10.1 Å². The van der Waals surface area contributed by atoms with Crippen LogP contribution in [0.1, 0.15) is 33.6 Å². The van der Waals surface area contributed by atoms with Crippen molar-refractivity contribution in [1.82, 2.24) is 10.2 Å². The Morgan fingerprint density at radius 2 is 1.85 bits per heavy atom. The lowest BCUT2D eigenvalue weighted by atomic mass is 10.0. The molecule has 2 amide bonds. The zero-order valence-electron chi connectivity index (χ0n) is 14.6. The van der Waals surface area contributed by atoms with Gasteiger partial charge in [-0.25, -0.2) is 0 Å². The number of benzene rings is 2. The molecule has 1 saturated heterocycles. The Balaban J connectivity index is 1.57. The van der Waals surface area contributed by atoms with Gasteiger partial charge < -0.3 is 15.0 Å². The van der Waals surface area contributed by atoms with E-state index in [9.17, 15) is 9.59 Å². The zero-order valence-corrected chi connectivity index (χ0v) is 15.3. The van der Waals surface area contributed by atoms with E-state index in [0.717, 1.165) is 0 Å². The van der Waals surface area contributed by atoms with E-state index in [4.69, 9.17) is 16.3 Å². The smallest absolute Gasteiger partial charge is 0.257 e. The normalized spacial score (nSPS) is 14.8. The quantitative estimate of drug-likeness (QED) is 0.895. The summed E-state index contributed by atoms with van der Waals surface area (Å²) in [5, 5.41) is 3.56. The van der Waals surface area contributed by atoms with E-state index >= 15 is 0 Å². The van der Waals surface area contributed by atoms with Crippen LogP contribution >= 0.6 is 11.6 Å². The van der Waals surface area contributed by atoms with Gasteiger partial charge in [-0.1, -0.05) is 29.8 Å². The molecular formula is C20H21ClN2O3.